The molecule has 3 nitrogen and oxygen atoms in total. The molecule has 0 aromatic rings. The number of hydrogen-bond donors (Lipinski definition) is 0. The van der Waals surface area contributed by atoms with E-state index in [0.717, 1.165) is 30.4 Å². The quantitative estimate of drug-likeness (QED) is 0.564. The van der Waals surface area contributed by atoms with Gasteiger partial charge < -0.3 is 4.74 Å². The summed E-state index contributed by atoms with van der Waals surface area (Å²) < 4.78 is 4.72. The van der Waals surface area contributed by atoms with Gasteiger partial charge in [-0.25, -0.2) is 4.79 Å². The van der Waals surface area contributed by atoms with Crippen molar-refractivity contribution in [2.45, 2.75) is 46.5 Å². The van der Waals surface area contributed by atoms with Gasteiger partial charge in [0.1, 0.15) is 0 Å². The zero-order chi connectivity index (χ0) is 14.4. The summed E-state index contributed by atoms with van der Waals surface area (Å²) in [4.78, 5) is 23.1. The molecule has 0 amide bonds. The molecule has 3 heteroatoms. The SMILES string of the molecule is COC(=O)C1=CC[C@H]([C@H](C)CC(=O)C=C(C)C)CC1. The van der Waals surface area contributed by atoms with E-state index < -0.39 is 0 Å². The molecule has 0 N–H and O–H groups in total. The first kappa shape index (κ1) is 15.7. The first-order chi connectivity index (χ1) is 8.93. The lowest BCUT2D eigenvalue weighted by Crippen LogP contribution is -2.19. The molecule has 0 radical (unpaired) electrons. The Morgan fingerprint density at radius 2 is 2.16 bits per heavy atom. The molecule has 0 saturated heterocycles. The first-order valence-electron chi connectivity index (χ1n) is 6.89. The van der Waals surface area contributed by atoms with E-state index >= 15 is 0 Å². The van der Waals surface area contributed by atoms with E-state index in [0.29, 0.717) is 18.3 Å². The summed E-state index contributed by atoms with van der Waals surface area (Å²) in [7, 11) is 1.41. The van der Waals surface area contributed by atoms with Crippen LogP contribution in [0.5, 0.6) is 0 Å². The highest BCUT2D eigenvalue weighted by Gasteiger charge is 2.24. The highest BCUT2D eigenvalue weighted by Crippen LogP contribution is 2.31. The van der Waals surface area contributed by atoms with Gasteiger partial charge in [-0.15, -0.1) is 0 Å². The summed E-state index contributed by atoms with van der Waals surface area (Å²) in [6, 6.07) is 0. The molecule has 0 saturated carbocycles. The van der Waals surface area contributed by atoms with E-state index in [1.807, 2.05) is 19.9 Å². The van der Waals surface area contributed by atoms with E-state index in [-0.39, 0.29) is 11.8 Å². The molecule has 0 aromatic heterocycles. The predicted octanol–water partition coefficient (Wildman–Crippen LogP) is 3.45. The van der Waals surface area contributed by atoms with Crippen molar-refractivity contribution in [1.82, 2.24) is 0 Å². The fourth-order valence-electron chi connectivity index (χ4n) is 2.55. The summed E-state index contributed by atoms with van der Waals surface area (Å²) in [5, 5.41) is 0. The second-order valence-corrected chi connectivity index (χ2v) is 5.62. The lowest BCUT2D eigenvalue weighted by Gasteiger charge is -2.26. The van der Waals surface area contributed by atoms with Crippen LogP contribution in [0.3, 0.4) is 0 Å². The van der Waals surface area contributed by atoms with Crippen molar-refractivity contribution in [1.29, 1.82) is 0 Å². The van der Waals surface area contributed by atoms with E-state index in [4.69, 9.17) is 4.74 Å². The van der Waals surface area contributed by atoms with Crippen LogP contribution in [0.1, 0.15) is 46.5 Å². The summed E-state index contributed by atoms with van der Waals surface area (Å²) in [5.74, 6) is 0.837. The molecule has 0 fully saturated rings. The van der Waals surface area contributed by atoms with Gasteiger partial charge in [-0.3, -0.25) is 4.79 Å². The molecule has 1 rings (SSSR count). The number of methoxy groups -OCH3 is 1. The Bertz CT molecular complexity index is 400. The summed E-state index contributed by atoms with van der Waals surface area (Å²) in [5.41, 5.74) is 1.83. The van der Waals surface area contributed by atoms with Crippen molar-refractivity contribution in [2.24, 2.45) is 11.8 Å². The normalized spacial score (nSPS) is 20.2. The zero-order valence-corrected chi connectivity index (χ0v) is 12.4. The Morgan fingerprint density at radius 1 is 1.47 bits per heavy atom. The van der Waals surface area contributed by atoms with E-state index in [9.17, 15) is 9.59 Å². The molecule has 0 heterocycles. The second-order valence-electron chi connectivity index (χ2n) is 5.62. The minimum atomic E-state index is -0.216. The van der Waals surface area contributed by atoms with Gasteiger partial charge in [0.2, 0.25) is 0 Å². The van der Waals surface area contributed by atoms with Crippen molar-refractivity contribution >= 4 is 11.8 Å². The van der Waals surface area contributed by atoms with Crippen LogP contribution >= 0.6 is 0 Å². The van der Waals surface area contributed by atoms with Crippen molar-refractivity contribution in [3.63, 3.8) is 0 Å². The number of allylic oxidation sites excluding steroid dienone is 3. The van der Waals surface area contributed by atoms with Crippen LogP contribution in [0.4, 0.5) is 0 Å². The van der Waals surface area contributed by atoms with Crippen LogP contribution in [-0.2, 0) is 14.3 Å². The maximum Gasteiger partial charge on any atom is 0.333 e. The van der Waals surface area contributed by atoms with Crippen molar-refractivity contribution in [2.75, 3.05) is 7.11 Å². The standard InChI is InChI=1S/C16H24O3/c1-11(2)9-15(17)10-12(3)13-5-7-14(8-6-13)16(18)19-4/h7,9,12-13H,5-6,8,10H2,1-4H3/t12-,13+/m1/s1. The fourth-order valence-corrected chi connectivity index (χ4v) is 2.55. The topological polar surface area (TPSA) is 43.4 Å². The minimum absolute atomic E-state index is 0.204. The molecule has 0 spiro atoms. The van der Waals surface area contributed by atoms with Gasteiger partial charge in [0, 0.05) is 12.0 Å². The van der Waals surface area contributed by atoms with E-state index in [1.54, 1.807) is 6.08 Å². The molecular formula is C16H24O3. The molecule has 0 aliphatic heterocycles. The fraction of sp³-hybridized carbons (Fsp3) is 0.625. The van der Waals surface area contributed by atoms with Crippen molar-refractivity contribution in [3.05, 3.63) is 23.3 Å². The third-order valence-electron chi connectivity index (χ3n) is 3.68. The van der Waals surface area contributed by atoms with Gasteiger partial charge in [0.25, 0.3) is 0 Å². The maximum atomic E-state index is 11.8. The Hall–Kier alpha value is -1.38. The van der Waals surface area contributed by atoms with Crippen LogP contribution in [0.15, 0.2) is 23.3 Å². The van der Waals surface area contributed by atoms with Gasteiger partial charge in [-0.1, -0.05) is 18.6 Å². The molecule has 106 valence electrons. The smallest absolute Gasteiger partial charge is 0.333 e. The number of ketones is 1. The summed E-state index contributed by atoms with van der Waals surface area (Å²) >= 11 is 0. The lowest BCUT2D eigenvalue weighted by atomic mass is 9.79. The first-order valence-corrected chi connectivity index (χ1v) is 6.89. The van der Waals surface area contributed by atoms with Gasteiger partial charge >= 0.3 is 5.97 Å². The minimum Gasteiger partial charge on any atom is -0.466 e. The number of carbonyl (C=O) groups is 2. The van der Waals surface area contributed by atoms with E-state index in [2.05, 4.69) is 6.92 Å². The van der Waals surface area contributed by atoms with Crippen LogP contribution in [0, 0.1) is 11.8 Å². The van der Waals surface area contributed by atoms with Gasteiger partial charge in [-0.2, -0.15) is 0 Å². The number of ether oxygens (including phenoxy) is 1. The molecule has 1 aliphatic carbocycles. The largest absolute Gasteiger partial charge is 0.466 e. The van der Waals surface area contributed by atoms with Gasteiger partial charge in [0.05, 0.1) is 7.11 Å². The monoisotopic (exact) mass is 264 g/mol. The average molecular weight is 264 g/mol. The third-order valence-corrected chi connectivity index (χ3v) is 3.68. The Kier molecular flexibility index (Phi) is 6.00. The summed E-state index contributed by atoms with van der Waals surface area (Å²) in [6.07, 6.45) is 6.88. The van der Waals surface area contributed by atoms with Crippen LogP contribution in [0.25, 0.3) is 0 Å². The van der Waals surface area contributed by atoms with Crippen molar-refractivity contribution in [3.8, 4) is 0 Å². The average Bonchev–Trinajstić information content (AvgIpc) is 2.36. The lowest BCUT2D eigenvalue weighted by molar-refractivity contribution is -0.136. The molecule has 1 aliphatic rings. The molecule has 0 unspecified atom stereocenters. The summed E-state index contributed by atoms with van der Waals surface area (Å²) in [6.45, 7) is 6.00. The number of esters is 1. The van der Waals surface area contributed by atoms with Gasteiger partial charge in [0.15, 0.2) is 5.78 Å². The molecule has 19 heavy (non-hydrogen) atoms. The number of rotatable bonds is 5. The highest BCUT2D eigenvalue weighted by atomic mass is 16.5. The van der Waals surface area contributed by atoms with Crippen LogP contribution in [-0.4, -0.2) is 18.9 Å². The third kappa shape index (κ3) is 5.01. The van der Waals surface area contributed by atoms with Gasteiger partial charge in [-0.05, 0) is 51.0 Å². The van der Waals surface area contributed by atoms with Crippen LogP contribution in [0.2, 0.25) is 0 Å². The Morgan fingerprint density at radius 3 is 2.63 bits per heavy atom. The van der Waals surface area contributed by atoms with Crippen molar-refractivity contribution < 1.29 is 14.3 Å². The highest BCUT2D eigenvalue weighted by molar-refractivity contribution is 5.90. The predicted molar refractivity (Wildman–Crippen MR) is 75.7 cm³/mol. The Labute approximate surface area is 115 Å². The molecule has 2 atom stereocenters. The Balaban J connectivity index is 2.51. The second kappa shape index (κ2) is 7.27. The van der Waals surface area contributed by atoms with Crippen LogP contribution < -0.4 is 0 Å². The maximum absolute atomic E-state index is 11.8. The van der Waals surface area contributed by atoms with E-state index in [1.165, 1.54) is 7.11 Å². The molecule has 0 bridgehead atoms. The molecule has 0 aromatic carbocycles. The molecular weight excluding hydrogens is 240 g/mol. The number of carbonyl (C=O) groups excluding carboxylic acids is 2. The zero-order valence-electron chi connectivity index (χ0n) is 12.4. The number of hydrogen-bond acceptors (Lipinski definition) is 3.